The Kier molecular flexibility index (Phi) is 4.90. The van der Waals surface area contributed by atoms with Crippen molar-refractivity contribution >= 4 is 0 Å². The summed E-state index contributed by atoms with van der Waals surface area (Å²) in [6.07, 6.45) is 1.34. The Labute approximate surface area is 89.3 Å². The smallest absolute Gasteiger partial charge is 0.0112 e. The second kappa shape index (κ2) is 5.72. The zero-order chi connectivity index (χ0) is 10.6. The lowest BCUT2D eigenvalue weighted by Crippen LogP contribution is -2.36. The molecule has 0 atom stereocenters. The van der Waals surface area contributed by atoms with E-state index >= 15 is 0 Å². The fraction of sp³-hybridized carbons (Fsp3) is 1.00. The van der Waals surface area contributed by atoms with Gasteiger partial charge in [-0.3, -0.25) is 4.90 Å². The van der Waals surface area contributed by atoms with Gasteiger partial charge < -0.3 is 4.90 Å². The maximum absolute atomic E-state index is 2.62. The molecule has 14 heavy (non-hydrogen) atoms. The van der Waals surface area contributed by atoms with Crippen LogP contribution >= 0.6 is 0 Å². The Bertz CT molecular complexity index is 154. The zero-order valence-electron chi connectivity index (χ0n) is 10.3. The third-order valence-corrected chi connectivity index (χ3v) is 2.98. The number of hydrogen-bond donors (Lipinski definition) is 0. The summed E-state index contributed by atoms with van der Waals surface area (Å²) in [7, 11) is 0. The van der Waals surface area contributed by atoms with Crippen molar-refractivity contribution in [3.05, 3.63) is 0 Å². The molecular formula is C12H26N2. The van der Waals surface area contributed by atoms with Crippen molar-refractivity contribution in [2.45, 2.75) is 40.2 Å². The summed E-state index contributed by atoms with van der Waals surface area (Å²) in [4.78, 5) is 5.22. The quantitative estimate of drug-likeness (QED) is 0.685. The molecule has 0 unspecified atom stereocenters. The van der Waals surface area contributed by atoms with E-state index in [0.29, 0.717) is 6.04 Å². The lowest BCUT2D eigenvalue weighted by molar-refractivity contribution is 0.213. The topological polar surface area (TPSA) is 6.48 Å². The van der Waals surface area contributed by atoms with Gasteiger partial charge in [0, 0.05) is 25.7 Å². The third kappa shape index (κ3) is 3.97. The molecule has 0 bridgehead atoms. The molecule has 0 radical (unpaired) electrons. The van der Waals surface area contributed by atoms with Gasteiger partial charge in [-0.1, -0.05) is 13.8 Å². The summed E-state index contributed by atoms with van der Waals surface area (Å²) in [5, 5.41) is 0. The Morgan fingerprint density at radius 1 is 0.929 bits per heavy atom. The maximum Gasteiger partial charge on any atom is 0.0112 e. The lowest BCUT2D eigenvalue weighted by Gasteiger charge is -2.25. The van der Waals surface area contributed by atoms with Crippen molar-refractivity contribution in [3.63, 3.8) is 0 Å². The number of rotatable bonds is 3. The predicted molar refractivity (Wildman–Crippen MR) is 62.6 cm³/mol. The average Bonchev–Trinajstić information content (AvgIpc) is 2.28. The van der Waals surface area contributed by atoms with Gasteiger partial charge in [0.15, 0.2) is 0 Å². The Hall–Kier alpha value is -0.0800. The molecule has 1 saturated heterocycles. The molecule has 0 spiro atoms. The molecule has 0 aromatic rings. The molecule has 0 aromatic carbocycles. The van der Waals surface area contributed by atoms with E-state index in [9.17, 15) is 0 Å². The average molecular weight is 198 g/mol. The highest BCUT2D eigenvalue weighted by Gasteiger charge is 2.16. The molecule has 1 fully saturated rings. The minimum atomic E-state index is 0.717. The molecule has 0 saturated carbocycles. The van der Waals surface area contributed by atoms with Crippen LogP contribution in [0.3, 0.4) is 0 Å². The fourth-order valence-electron chi connectivity index (χ4n) is 2.21. The molecule has 0 aromatic heterocycles. The fourth-order valence-corrected chi connectivity index (χ4v) is 2.21. The van der Waals surface area contributed by atoms with E-state index in [4.69, 9.17) is 0 Å². The molecule has 1 heterocycles. The lowest BCUT2D eigenvalue weighted by atomic mass is 10.2. The molecule has 0 amide bonds. The van der Waals surface area contributed by atoms with Crippen LogP contribution in [0, 0.1) is 5.92 Å². The largest absolute Gasteiger partial charge is 0.302 e. The van der Waals surface area contributed by atoms with Crippen LogP contribution in [0.15, 0.2) is 0 Å². The summed E-state index contributed by atoms with van der Waals surface area (Å²) < 4.78 is 0. The van der Waals surface area contributed by atoms with Gasteiger partial charge in [-0.15, -0.1) is 0 Å². The first kappa shape index (κ1) is 12.0. The van der Waals surface area contributed by atoms with Gasteiger partial charge in [0.25, 0.3) is 0 Å². The molecule has 0 N–H and O–H groups in total. The van der Waals surface area contributed by atoms with E-state index in [0.717, 1.165) is 5.92 Å². The van der Waals surface area contributed by atoms with Gasteiger partial charge >= 0.3 is 0 Å². The van der Waals surface area contributed by atoms with Crippen LogP contribution in [0.2, 0.25) is 0 Å². The molecule has 2 nitrogen and oxygen atoms in total. The number of nitrogens with zero attached hydrogens (tertiary/aromatic N) is 2. The molecule has 0 aliphatic carbocycles. The highest BCUT2D eigenvalue weighted by molar-refractivity contribution is 4.72. The van der Waals surface area contributed by atoms with Crippen LogP contribution in [0.1, 0.15) is 34.1 Å². The van der Waals surface area contributed by atoms with Gasteiger partial charge in [-0.05, 0) is 39.3 Å². The third-order valence-electron chi connectivity index (χ3n) is 2.98. The van der Waals surface area contributed by atoms with Crippen LogP contribution in [-0.4, -0.2) is 48.6 Å². The summed E-state index contributed by atoms with van der Waals surface area (Å²) in [5.74, 6) is 0.806. The van der Waals surface area contributed by atoms with E-state index in [1.54, 1.807) is 0 Å². The van der Waals surface area contributed by atoms with Gasteiger partial charge in [0.05, 0.1) is 0 Å². The first-order valence-corrected chi connectivity index (χ1v) is 6.06. The normalized spacial score (nSPS) is 21.9. The minimum absolute atomic E-state index is 0.717. The second-order valence-corrected chi connectivity index (χ2v) is 5.18. The summed E-state index contributed by atoms with van der Waals surface area (Å²) in [6, 6.07) is 0.717. The Morgan fingerprint density at radius 3 is 2.21 bits per heavy atom. The molecule has 1 aliphatic rings. The van der Waals surface area contributed by atoms with Crippen molar-refractivity contribution < 1.29 is 0 Å². The van der Waals surface area contributed by atoms with E-state index in [2.05, 4.69) is 37.5 Å². The monoisotopic (exact) mass is 198 g/mol. The van der Waals surface area contributed by atoms with Crippen LogP contribution in [0.25, 0.3) is 0 Å². The zero-order valence-corrected chi connectivity index (χ0v) is 10.3. The van der Waals surface area contributed by atoms with Crippen molar-refractivity contribution in [1.82, 2.24) is 9.80 Å². The Morgan fingerprint density at radius 2 is 1.64 bits per heavy atom. The first-order valence-electron chi connectivity index (χ1n) is 6.06. The van der Waals surface area contributed by atoms with Gasteiger partial charge in [0.2, 0.25) is 0 Å². The van der Waals surface area contributed by atoms with Crippen LogP contribution in [0.5, 0.6) is 0 Å². The van der Waals surface area contributed by atoms with E-state index in [1.807, 2.05) is 0 Å². The summed E-state index contributed by atoms with van der Waals surface area (Å²) >= 11 is 0. The van der Waals surface area contributed by atoms with Crippen LogP contribution in [-0.2, 0) is 0 Å². The number of hydrogen-bond acceptors (Lipinski definition) is 2. The van der Waals surface area contributed by atoms with Gasteiger partial charge in [0.1, 0.15) is 0 Å². The van der Waals surface area contributed by atoms with Crippen molar-refractivity contribution in [3.8, 4) is 0 Å². The van der Waals surface area contributed by atoms with Crippen LogP contribution in [0.4, 0.5) is 0 Å². The molecular weight excluding hydrogens is 172 g/mol. The highest BCUT2D eigenvalue weighted by Crippen LogP contribution is 2.08. The van der Waals surface area contributed by atoms with E-state index in [1.165, 1.54) is 39.1 Å². The first-order chi connectivity index (χ1) is 6.59. The van der Waals surface area contributed by atoms with Gasteiger partial charge in [-0.25, -0.2) is 0 Å². The van der Waals surface area contributed by atoms with Gasteiger partial charge in [-0.2, -0.15) is 0 Å². The SMILES string of the molecule is CC(C)CN1CCCN(C(C)C)CC1. The van der Waals surface area contributed by atoms with Crippen molar-refractivity contribution in [2.75, 3.05) is 32.7 Å². The highest BCUT2D eigenvalue weighted by atomic mass is 15.2. The Balaban J connectivity index is 2.33. The predicted octanol–water partition coefficient (Wildman–Crippen LogP) is 2.06. The maximum atomic E-state index is 2.62. The summed E-state index contributed by atoms with van der Waals surface area (Å²) in [6.45, 7) is 15.6. The van der Waals surface area contributed by atoms with Crippen LogP contribution < -0.4 is 0 Å². The molecule has 1 rings (SSSR count). The van der Waals surface area contributed by atoms with Crippen molar-refractivity contribution in [2.24, 2.45) is 5.92 Å². The molecule has 84 valence electrons. The second-order valence-electron chi connectivity index (χ2n) is 5.18. The van der Waals surface area contributed by atoms with E-state index < -0.39 is 0 Å². The van der Waals surface area contributed by atoms with E-state index in [-0.39, 0.29) is 0 Å². The minimum Gasteiger partial charge on any atom is -0.302 e. The summed E-state index contributed by atoms with van der Waals surface area (Å²) in [5.41, 5.74) is 0. The molecule has 1 aliphatic heterocycles. The standard InChI is InChI=1S/C12H26N2/c1-11(2)10-13-6-5-7-14(9-8-13)12(3)4/h11-12H,5-10H2,1-4H3. The molecule has 2 heteroatoms. The van der Waals surface area contributed by atoms with Crippen molar-refractivity contribution in [1.29, 1.82) is 0 Å².